The van der Waals surface area contributed by atoms with Gasteiger partial charge in [-0.25, -0.2) is 0 Å². The van der Waals surface area contributed by atoms with Crippen LogP contribution in [0, 0.1) is 0 Å². The number of nitrogens with one attached hydrogen (secondary N) is 2. The third-order valence-corrected chi connectivity index (χ3v) is 4.26. The summed E-state index contributed by atoms with van der Waals surface area (Å²) in [5, 5.41) is 4.32. The van der Waals surface area contributed by atoms with Gasteiger partial charge in [-0.3, -0.25) is 9.59 Å². The number of carbonyl (C=O) groups is 1. The van der Waals surface area contributed by atoms with Gasteiger partial charge < -0.3 is 15.0 Å². The van der Waals surface area contributed by atoms with E-state index < -0.39 is 0 Å². The van der Waals surface area contributed by atoms with Gasteiger partial charge in [0.05, 0.1) is 12.6 Å². The van der Waals surface area contributed by atoms with Gasteiger partial charge in [-0.1, -0.05) is 36.4 Å². The van der Waals surface area contributed by atoms with Crippen LogP contribution >= 0.6 is 0 Å². The number of hydrogen-bond donors (Lipinski definition) is 2. The molecule has 0 radical (unpaired) electrons. The quantitative estimate of drug-likeness (QED) is 0.763. The highest BCUT2D eigenvalue weighted by atomic mass is 16.5. The van der Waals surface area contributed by atoms with E-state index in [1.807, 2.05) is 36.4 Å². The fourth-order valence-electron chi connectivity index (χ4n) is 3.06. The smallest absolute Gasteiger partial charge is 0.268 e. The number of aromatic nitrogens is 1. The second-order valence-electron chi connectivity index (χ2n) is 5.80. The topological polar surface area (TPSA) is 71.2 Å². The molecule has 120 valence electrons. The molecule has 0 fully saturated rings. The number of pyridine rings is 1. The molecular formula is C19H16N2O3. The molecule has 24 heavy (non-hydrogen) atoms. The summed E-state index contributed by atoms with van der Waals surface area (Å²) >= 11 is 0. The van der Waals surface area contributed by atoms with Gasteiger partial charge >= 0.3 is 0 Å². The Morgan fingerprint density at radius 3 is 2.83 bits per heavy atom. The van der Waals surface area contributed by atoms with Crippen LogP contribution in [0.15, 0.2) is 59.4 Å². The van der Waals surface area contributed by atoms with Gasteiger partial charge in [-0.2, -0.15) is 0 Å². The first-order valence-corrected chi connectivity index (χ1v) is 7.87. The minimum atomic E-state index is -0.292. The maximum atomic E-state index is 12.6. The predicted molar refractivity (Wildman–Crippen MR) is 91.3 cm³/mol. The van der Waals surface area contributed by atoms with Crippen molar-refractivity contribution in [2.45, 2.75) is 12.5 Å². The van der Waals surface area contributed by atoms with E-state index in [0.717, 1.165) is 16.7 Å². The third kappa shape index (κ3) is 2.54. The fourth-order valence-corrected chi connectivity index (χ4v) is 3.06. The molecule has 1 atom stereocenters. The molecule has 2 N–H and O–H groups in total. The first-order valence-electron chi connectivity index (χ1n) is 7.87. The summed E-state index contributed by atoms with van der Waals surface area (Å²) in [6.45, 7) is 0.552. The van der Waals surface area contributed by atoms with Crippen molar-refractivity contribution in [3.8, 4) is 5.75 Å². The Labute approximate surface area is 138 Å². The van der Waals surface area contributed by atoms with Gasteiger partial charge in [0.1, 0.15) is 11.4 Å². The molecule has 5 heteroatoms. The average Bonchev–Trinajstić information content (AvgIpc) is 2.62. The fraction of sp³-hybridized carbons (Fsp3) is 0.158. The number of benzene rings is 2. The van der Waals surface area contributed by atoms with Gasteiger partial charge in [0.2, 0.25) is 0 Å². The lowest BCUT2D eigenvalue weighted by Crippen LogP contribution is -2.33. The maximum absolute atomic E-state index is 12.6. The average molecular weight is 320 g/mol. The number of H-pyrrole nitrogens is 1. The molecule has 2 aromatic carbocycles. The van der Waals surface area contributed by atoms with Crippen molar-refractivity contribution in [3.63, 3.8) is 0 Å². The van der Waals surface area contributed by atoms with E-state index in [0.29, 0.717) is 18.4 Å². The summed E-state index contributed by atoms with van der Waals surface area (Å²) in [4.78, 5) is 27.4. The Kier molecular flexibility index (Phi) is 3.54. The van der Waals surface area contributed by atoms with Crippen LogP contribution in [0.5, 0.6) is 5.75 Å². The number of aromatic amines is 1. The second-order valence-corrected chi connectivity index (χ2v) is 5.80. The van der Waals surface area contributed by atoms with Gasteiger partial charge in [0, 0.05) is 17.4 Å². The van der Waals surface area contributed by atoms with Crippen molar-refractivity contribution in [2.75, 3.05) is 6.61 Å². The summed E-state index contributed by atoms with van der Waals surface area (Å²) in [7, 11) is 0. The zero-order chi connectivity index (χ0) is 16.5. The molecule has 5 nitrogen and oxygen atoms in total. The highest BCUT2D eigenvalue weighted by molar-refractivity contribution is 5.96. The summed E-state index contributed by atoms with van der Waals surface area (Å²) in [5.74, 6) is 0.501. The number of ether oxygens (including phenoxy) is 1. The number of para-hydroxylation sites is 1. The van der Waals surface area contributed by atoms with E-state index in [1.54, 1.807) is 18.2 Å². The van der Waals surface area contributed by atoms with E-state index in [1.165, 1.54) is 0 Å². The molecule has 0 spiro atoms. The van der Waals surface area contributed by atoms with Crippen LogP contribution in [0.1, 0.15) is 28.5 Å². The minimum Gasteiger partial charge on any atom is -0.493 e. The molecule has 3 aromatic rings. The Morgan fingerprint density at radius 1 is 1.12 bits per heavy atom. The number of amides is 1. The standard InChI is InChI=1S/C19H16N2O3/c22-18-13-6-2-1-5-12(13)11-16(21-18)19(23)20-15-9-10-24-17-8-4-3-7-14(15)17/h1-8,11,15H,9-10H2,(H,20,23)(H,21,22)/t15-/m0/s1. The third-order valence-electron chi connectivity index (χ3n) is 4.26. The lowest BCUT2D eigenvalue weighted by molar-refractivity contribution is 0.0919. The van der Waals surface area contributed by atoms with Gasteiger partial charge in [-0.15, -0.1) is 0 Å². The Morgan fingerprint density at radius 2 is 1.92 bits per heavy atom. The largest absolute Gasteiger partial charge is 0.493 e. The first kappa shape index (κ1) is 14.5. The van der Waals surface area contributed by atoms with Crippen molar-refractivity contribution in [3.05, 3.63) is 76.2 Å². The van der Waals surface area contributed by atoms with Crippen molar-refractivity contribution in [2.24, 2.45) is 0 Å². The number of fused-ring (bicyclic) bond motifs is 2. The molecule has 1 aliphatic heterocycles. The Hall–Kier alpha value is -3.08. The molecule has 0 bridgehead atoms. The highest BCUT2D eigenvalue weighted by Crippen LogP contribution is 2.31. The van der Waals surface area contributed by atoms with E-state index >= 15 is 0 Å². The van der Waals surface area contributed by atoms with E-state index in [-0.39, 0.29) is 23.2 Å². The van der Waals surface area contributed by atoms with Gasteiger partial charge in [0.15, 0.2) is 0 Å². The summed E-state index contributed by atoms with van der Waals surface area (Å²) in [6.07, 6.45) is 0.695. The SMILES string of the molecule is O=C(N[C@H]1CCOc2ccccc21)c1cc2ccccc2c(=O)[nH]1. The number of rotatable bonds is 2. The van der Waals surface area contributed by atoms with Gasteiger partial charge in [0.25, 0.3) is 11.5 Å². The van der Waals surface area contributed by atoms with Crippen LogP contribution in [0.2, 0.25) is 0 Å². The molecule has 0 saturated carbocycles. The summed E-state index contributed by atoms with van der Waals surface area (Å²) < 4.78 is 5.61. The zero-order valence-corrected chi connectivity index (χ0v) is 12.9. The molecule has 1 aliphatic rings. The maximum Gasteiger partial charge on any atom is 0.268 e. The molecular weight excluding hydrogens is 304 g/mol. The number of hydrogen-bond acceptors (Lipinski definition) is 3. The van der Waals surface area contributed by atoms with Crippen molar-refractivity contribution < 1.29 is 9.53 Å². The zero-order valence-electron chi connectivity index (χ0n) is 12.9. The van der Waals surface area contributed by atoms with Crippen LogP contribution in [-0.2, 0) is 0 Å². The van der Waals surface area contributed by atoms with Crippen LogP contribution in [0.4, 0.5) is 0 Å². The molecule has 0 unspecified atom stereocenters. The molecule has 4 rings (SSSR count). The lowest BCUT2D eigenvalue weighted by atomic mass is 10.0. The first-order chi connectivity index (χ1) is 11.7. The van der Waals surface area contributed by atoms with Crippen molar-refractivity contribution in [1.29, 1.82) is 0 Å². The van der Waals surface area contributed by atoms with Crippen molar-refractivity contribution >= 4 is 16.7 Å². The number of carbonyl (C=O) groups excluding carboxylic acids is 1. The van der Waals surface area contributed by atoms with Crippen LogP contribution in [0.25, 0.3) is 10.8 Å². The molecule has 1 aromatic heterocycles. The molecule has 0 saturated heterocycles. The van der Waals surface area contributed by atoms with Crippen LogP contribution < -0.4 is 15.6 Å². The summed E-state index contributed by atoms with van der Waals surface area (Å²) in [6, 6.07) is 16.5. The van der Waals surface area contributed by atoms with E-state index in [4.69, 9.17) is 4.74 Å². The van der Waals surface area contributed by atoms with E-state index in [2.05, 4.69) is 10.3 Å². The minimum absolute atomic E-state index is 0.127. The Bertz CT molecular complexity index is 978. The predicted octanol–water partition coefficient (Wildman–Crippen LogP) is 2.78. The van der Waals surface area contributed by atoms with Crippen LogP contribution in [-0.4, -0.2) is 17.5 Å². The molecule has 0 aliphatic carbocycles. The highest BCUT2D eigenvalue weighted by Gasteiger charge is 2.23. The molecule has 2 heterocycles. The molecule has 1 amide bonds. The van der Waals surface area contributed by atoms with E-state index in [9.17, 15) is 9.59 Å². The summed E-state index contributed by atoms with van der Waals surface area (Å²) in [5.41, 5.74) is 0.966. The lowest BCUT2D eigenvalue weighted by Gasteiger charge is -2.26. The second kappa shape index (κ2) is 5.85. The normalized spacial score (nSPS) is 16.2. The Balaban J connectivity index is 1.65. The van der Waals surface area contributed by atoms with Crippen molar-refractivity contribution in [1.82, 2.24) is 10.3 Å². The van der Waals surface area contributed by atoms with Crippen LogP contribution in [0.3, 0.4) is 0 Å². The van der Waals surface area contributed by atoms with Gasteiger partial charge in [-0.05, 0) is 23.6 Å². The monoisotopic (exact) mass is 320 g/mol.